The summed E-state index contributed by atoms with van der Waals surface area (Å²) in [6, 6.07) is 24.6. The molecule has 1 saturated heterocycles. The Balaban J connectivity index is 1.37. The van der Waals surface area contributed by atoms with Gasteiger partial charge in [0.05, 0.1) is 19.7 Å². The fourth-order valence-corrected chi connectivity index (χ4v) is 4.47. The summed E-state index contributed by atoms with van der Waals surface area (Å²) >= 11 is 0. The van der Waals surface area contributed by atoms with Crippen LogP contribution in [0.1, 0.15) is 12.0 Å². The van der Waals surface area contributed by atoms with E-state index in [2.05, 4.69) is 63.6 Å². The van der Waals surface area contributed by atoms with Crippen LogP contribution in [-0.4, -0.2) is 50.4 Å². The molecule has 1 fully saturated rings. The molecule has 1 N–H and O–H groups in total. The molecule has 180 valence electrons. The van der Waals surface area contributed by atoms with Crippen molar-refractivity contribution in [3.8, 4) is 11.5 Å². The molecule has 0 bridgehead atoms. The van der Waals surface area contributed by atoms with Crippen molar-refractivity contribution in [2.24, 2.45) is 0 Å². The van der Waals surface area contributed by atoms with Crippen LogP contribution in [0.15, 0.2) is 72.8 Å². The zero-order chi connectivity index (χ0) is 24.0. The summed E-state index contributed by atoms with van der Waals surface area (Å²) in [7, 11) is 3.37. The average Bonchev–Trinajstić information content (AvgIpc) is 3.18. The van der Waals surface area contributed by atoms with Crippen molar-refractivity contribution in [1.82, 2.24) is 9.97 Å². The van der Waals surface area contributed by atoms with E-state index in [0.717, 1.165) is 72.5 Å². The number of benzene rings is 3. The normalized spacial score (nSPS) is 14.0. The number of methoxy groups -OCH3 is 2. The molecule has 0 radical (unpaired) electrons. The molecule has 0 amide bonds. The maximum atomic E-state index is 5.47. The van der Waals surface area contributed by atoms with Crippen LogP contribution in [0.2, 0.25) is 0 Å². The summed E-state index contributed by atoms with van der Waals surface area (Å²) in [4.78, 5) is 14.6. The Morgan fingerprint density at radius 1 is 0.771 bits per heavy atom. The second-order valence-electron chi connectivity index (χ2n) is 8.63. The molecule has 7 nitrogen and oxygen atoms in total. The number of fused-ring (bicyclic) bond motifs is 1. The summed E-state index contributed by atoms with van der Waals surface area (Å²) in [6.07, 6.45) is 1.00. The molecule has 1 aromatic heterocycles. The topological polar surface area (TPSA) is 62.8 Å². The molecule has 4 aromatic rings. The smallest absolute Gasteiger partial charge is 0.227 e. The first-order chi connectivity index (χ1) is 17.2. The molecule has 0 saturated carbocycles. The van der Waals surface area contributed by atoms with Crippen LogP contribution >= 0.6 is 0 Å². The molecule has 3 aromatic carbocycles. The third-order valence-corrected chi connectivity index (χ3v) is 6.37. The van der Waals surface area contributed by atoms with E-state index in [4.69, 9.17) is 19.4 Å². The van der Waals surface area contributed by atoms with Crippen molar-refractivity contribution in [2.75, 3.05) is 55.5 Å². The number of ether oxygens (including phenoxy) is 2. The highest BCUT2D eigenvalue weighted by Gasteiger charge is 2.20. The molecule has 0 atom stereocenters. The maximum Gasteiger partial charge on any atom is 0.227 e. The lowest BCUT2D eigenvalue weighted by atomic mass is 10.2. The van der Waals surface area contributed by atoms with E-state index < -0.39 is 0 Å². The van der Waals surface area contributed by atoms with Gasteiger partial charge in [-0.2, -0.15) is 4.98 Å². The molecular weight excluding hydrogens is 438 g/mol. The lowest BCUT2D eigenvalue weighted by Gasteiger charge is -2.25. The van der Waals surface area contributed by atoms with Crippen molar-refractivity contribution >= 4 is 28.4 Å². The molecule has 0 unspecified atom stereocenters. The first-order valence-corrected chi connectivity index (χ1v) is 12.0. The Labute approximate surface area is 206 Å². The lowest BCUT2D eigenvalue weighted by molar-refractivity contribution is 0.394. The maximum absolute atomic E-state index is 5.47. The third-order valence-electron chi connectivity index (χ3n) is 6.37. The SMILES string of the molecule is COc1cc(OC)cc(N2CCCN(c3nc(NCc4ccccc4)c4ccccc4n3)CC2)c1. The number of hydrogen-bond acceptors (Lipinski definition) is 7. The molecule has 5 rings (SSSR count). The molecule has 0 spiro atoms. The van der Waals surface area contributed by atoms with Crippen molar-refractivity contribution in [3.05, 3.63) is 78.4 Å². The lowest BCUT2D eigenvalue weighted by Crippen LogP contribution is -2.31. The van der Waals surface area contributed by atoms with Crippen molar-refractivity contribution in [2.45, 2.75) is 13.0 Å². The molecule has 35 heavy (non-hydrogen) atoms. The van der Waals surface area contributed by atoms with Crippen molar-refractivity contribution in [1.29, 1.82) is 0 Å². The van der Waals surface area contributed by atoms with E-state index in [1.807, 2.05) is 24.3 Å². The zero-order valence-corrected chi connectivity index (χ0v) is 20.3. The number of para-hydroxylation sites is 1. The fourth-order valence-electron chi connectivity index (χ4n) is 4.47. The molecular formula is C28H31N5O2. The van der Waals surface area contributed by atoms with Gasteiger partial charge in [-0.1, -0.05) is 42.5 Å². The second kappa shape index (κ2) is 10.5. The Morgan fingerprint density at radius 2 is 1.46 bits per heavy atom. The van der Waals surface area contributed by atoms with Gasteiger partial charge in [-0.15, -0.1) is 0 Å². The monoisotopic (exact) mass is 469 g/mol. The van der Waals surface area contributed by atoms with Crippen LogP contribution in [0, 0.1) is 0 Å². The van der Waals surface area contributed by atoms with Crippen LogP contribution in [0.3, 0.4) is 0 Å². The summed E-state index contributed by atoms with van der Waals surface area (Å²) in [5, 5.41) is 4.58. The standard InChI is InChI=1S/C28H31N5O2/c1-34-23-17-22(18-24(19-23)35-2)32-13-8-14-33(16-15-32)28-30-26-12-7-6-11-25(26)27(31-28)29-20-21-9-4-3-5-10-21/h3-7,9-12,17-19H,8,13-16,20H2,1-2H3,(H,29,30,31). The molecule has 0 aliphatic carbocycles. The van der Waals surface area contributed by atoms with E-state index in [0.29, 0.717) is 6.54 Å². The zero-order valence-electron chi connectivity index (χ0n) is 20.3. The van der Waals surface area contributed by atoms with Crippen LogP contribution in [0.25, 0.3) is 10.9 Å². The highest BCUT2D eigenvalue weighted by atomic mass is 16.5. The summed E-state index contributed by atoms with van der Waals surface area (Å²) in [5.41, 5.74) is 3.27. The van der Waals surface area contributed by atoms with E-state index in [1.165, 1.54) is 5.56 Å². The van der Waals surface area contributed by atoms with Gasteiger partial charge in [0.1, 0.15) is 17.3 Å². The predicted octanol–water partition coefficient (Wildman–Crippen LogP) is 4.98. The Morgan fingerprint density at radius 3 is 2.23 bits per heavy atom. The Bertz CT molecular complexity index is 1260. The average molecular weight is 470 g/mol. The van der Waals surface area contributed by atoms with Gasteiger partial charge in [-0.3, -0.25) is 0 Å². The summed E-state index contributed by atoms with van der Waals surface area (Å²) in [5.74, 6) is 3.23. The highest BCUT2D eigenvalue weighted by molar-refractivity contribution is 5.90. The first-order valence-electron chi connectivity index (χ1n) is 12.0. The first kappa shape index (κ1) is 22.8. The van der Waals surface area contributed by atoms with Crippen molar-refractivity contribution in [3.63, 3.8) is 0 Å². The van der Waals surface area contributed by atoms with Crippen molar-refractivity contribution < 1.29 is 9.47 Å². The number of nitrogens with zero attached hydrogens (tertiary/aromatic N) is 4. The minimum Gasteiger partial charge on any atom is -0.497 e. The third kappa shape index (κ3) is 5.24. The molecule has 2 heterocycles. The summed E-state index contributed by atoms with van der Waals surface area (Å²) < 4.78 is 10.9. The van der Waals surface area contributed by atoms with Gasteiger partial charge in [0.25, 0.3) is 0 Å². The fraction of sp³-hybridized carbons (Fsp3) is 0.286. The number of hydrogen-bond donors (Lipinski definition) is 1. The molecule has 1 aliphatic heterocycles. The van der Waals surface area contributed by atoms with E-state index in [1.54, 1.807) is 14.2 Å². The molecule has 7 heteroatoms. The van der Waals surface area contributed by atoms with E-state index in [-0.39, 0.29) is 0 Å². The quantitative estimate of drug-likeness (QED) is 0.410. The Kier molecular flexibility index (Phi) is 6.84. The van der Waals surface area contributed by atoms with Gasteiger partial charge >= 0.3 is 0 Å². The van der Waals surface area contributed by atoms with Gasteiger partial charge in [0, 0.05) is 62.0 Å². The Hall–Kier alpha value is -4.00. The predicted molar refractivity (Wildman–Crippen MR) is 142 cm³/mol. The minimum atomic E-state index is 0.715. The van der Waals surface area contributed by atoms with Crippen LogP contribution in [0.4, 0.5) is 17.5 Å². The van der Waals surface area contributed by atoms with Gasteiger partial charge in [-0.05, 0) is 24.1 Å². The van der Waals surface area contributed by atoms with Gasteiger partial charge < -0.3 is 24.6 Å². The number of aromatic nitrogens is 2. The number of nitrogens with one attached hydrogen (secondary N) is 1. The largest absolute Gasteiger partial charge is 0.497 e. The van der Waals surface area contributed by atoms with E-state index >= 15 is 0 Å². The second-order valence-corrected chi connectivity index (χ2v) is 8.63. The highest BCUT2D eigenvalue weighted by Crippen LogP contribution is 2.30. The van der Waals surface area contributed by atoms with E-state index in [9.17, 15) is 0 Å². The van der Waals surface area contributed by atoms with Gasteiger partial charge in [0.2, 0.25) is 5.95 Å². The van der Waals surface area contributed by atoms with Crippen LogP contribution in [-0.2, 0) is 6.54 Å². The number of anilines is 3. The van der Waals surface area contributed by atoms with Gasteiger partial charge in [-0.25, -0.2) is 4.98 Å². The number of rotatable bonds is 7. The van der Waals surface area contributed by atoms with Crippen LogP contribution in [0.5, 0.6) is 11.5 Å². The summed E-state index contributed by atoms with van der Waals surface area (Å²) in [6.45, 7) is 4.25. The minimum absolute atomic E-state index is 0.715. The molecule has 1 aliphatic rings. The van der Waals surface area contributed by atoms with Gasteiger partial charge in [0.15, 0.2) is 0 Å². The van der Waals surface area contributed by atoms with Crippen LogP contribution < -0.4 is 24.6 Å².